The summed E-state index contributed by atoms with van der Waals surface area (Å²) in [6, 6.07) is 0. The number of aromatic hydroxyl groups is 2. The third kappa shape index (κ3) is 8.66. The Balaban J connectivity index is 2.07. The first-order valence-corrected chi connectivity index (χ1v) is 16.0. The van der Waals surface area contributed by atoms with Crippen molar-refractivity contribution < 1.29 is 39.2 Å². The van der Waals surface area contributed by atoms with Crippen molar-refractivity contribution in [3.05, 3.63) is 74.9 Å². The number of phenolic OH excluding ortho intramolecular Hbond substituents is 2. The van der Waals surface area contributed by atoms with Crippen molar-refractivity contribution in [3.8, 4) is 17.2 Å². The number of carboxylic acids is 1. The molecule has 0 saturated heterocycles. The molecule has 0 bridgehead atoms. The highest BCUT2D eigenvalue weighted by Crippen LogP contribution is 2.51. The quantitative estimate of drug-likeness (QED) is 0.0819. The van der Waals surface area contributed by atoms with Gasteiger partial charge in [0.15, 0.2) is 5.78 Å². The monoisotopic (exact) mass is 634 g/mol. The Morgan fingerprint density at radius 3 is 2.22 bits per heavy atom. The van der Waals surface area contributed by atoms with E-state index >= 15 is 0 Å². The first-order chi connectivity index (χ1) is 21.6. The fraction of sp³-hybridized carbons (Fsp3) is 0.500. The second-order valence-electron chi connectivity index (χ2n) is 13.5. The van der Waals surface area contributed by atoms with Gasteiger partial charge in [-0.15, -0.1) is 0 Å². The Bertz CT molecular complexity index is 1490. The number of phenols is 2. The molecule has 250 valence electrons. The Kier molecular flexibility index (Phi) is 12.4. The summed E-state index contributed by atoms with van der Waals surface area (Å²) in [6.45, 7) is 15.5. The van der Waals surface area contributed by atoms with Crippen molar-refractivity contribution in [2.24, 2.45) is 11.8 Å². The zero-order valence-corrected chi connectivity index (χ0v) is 28.5. The number of fused-ring (bicyclic) bond motifs is 2. The maximum Gasteiger partial charge on any atom is 0.330 e. The fourth-order valence-corrected chi connectivity index (χ4v) is 5.99. The summed E-state index contributed by atoms with van der Waals surface area (Å²) in [5.74, 6) is -2.68. The number of aldehydes is 1. The van der Waals surface area contributed by atoms with Crippen LogP contribution in [0, 0.1) is 11.8 Å². The second-order valence-corrected chi connectivity index (χ2v) is 13.5. The number of Topliss-reactive ketones (excluding diaryl/α,β-unsaturated/α-hetero) is 1. The predicted molar refractivity (Wildman–Crippen MR) is 180 cm³/mol. The van der Waals surface area contributed by atoms with Crippen molar-refractivity contribution >= 4 is 18.0 Å². The molecule has 0 saturated carbocycles. The molecular weight excluding hydrogens is 584 g/mol. The van der Waals surface area contributed by atoms with Gasteiger partial charge in [-0.2, -0.15) is 0 Å². The summed E-state index contributed by atoms with van der Waals surface area (Å²) in [6.07, 6.45) is 12.3. The molecule has 8 nitrogen and oxygen atoms in total. The van der Waals surface area contributed by atoms with Crippen LogP contribution < -0.4 is 4.74 Å². The minimum absolute atomic E-state index is 0.00126. The average molecular weight is 635 g/mol. The minimum Gasteiger partial charge on any atom is -0.507 e. The number of ether oxygens (including phenoxy) is 2. The zero-order chi connectivity index (χ0) is 34.3. The van der Waals surface area contributed by atoms with E-state index in [4.69, 9.17) is 14.6 Å². The van der Waals surface area contributed by atoms with Gasteiger partial charge in [0, 0.05) is 34.1 Å². The third-order valence-corrected chi connectivity index (χ3v) is 8.83. The maximum atomic E-state index is 14.3. The molecule has 46 heavy (non-hydrogen) atoms. The highest BCUT2D eigenvalue weighted by Gasteiger charge is 2.49. The average Bonchev–Trinajstić information content (AvgIpc) is 2.98. The lowest BCUT2D eigenvalue weighted by Crippen LogP contribution is -2.50. The van der Waals surface area contributed by atoms with Crippen LogP contribution in [0.3, 0.4) is 0 Å². The smallest absolute Gasteiger partial charge is 0.330 e. The van der Waals surface area contributed by atoms with Crippen LogP contribution in [0.4, 0.5) is 0 Å². The maximum absolute atomic E-state index is 14.3. The number of hydrogen-bond donors (Lipinski definition) is 3. The second kappa shape index (κ2) is 15.6. The molecule has 1 aromatic carbocycles. The molecule has 2 aliphatic rings. The van der Waals surface area contributed by atoms with Crippen LogP contribution in [-0.4, -0.2) is 51.7 Å². The Labute approximate surface area is 273 Å². The van der Waals surface area contributed by atoms with Gasteiger partial charge in [0.25, 0.3) is 0 Å². The first-order valence-electron chi connectivity index (χ1n) is 16.0. The van der Waals surface area contributed by atoms with E-state index in [2.05, 4.69) is 19.9 Å². The van der Waals surface area contributed by atoms with Crippen LogP contribution >= 0.6 is 0 Å². The summed E-state index contributed by atoms with van der Waals surface area (Å²) in [4.78, 5) is 37.5. The largest absolute Gasteiger partial charge is 0.507 e. The van der Waals surface area contributed by atoms with Crippen molar-refractivity contribution in [2.75, 3.05) is 6.61 Å². The SMILES string of the molecule is CC(C)=CCC/C(C)=C/Cc1c(O)c(CC=C(C)C)c2c(c1O)C(=O)C1=CC(C=O)CC(C(C)(C)OCC/C=C(\C)C(=O)O)C1O2. The minimum atomic E-state index is -0.993. The lowest BCUT2D eigenvalue weighted by Gasteiger charge is -2.45. The van der Waals surface area contributed by atoms with Crippen LogP contribution in [0.25, 0.3) is 0 Å². The molecule has 0 amide bonds. The van der Waals surface area contributed by atoms with Crippen LogP contribution in [0.15, 0.2) is 58.2 Å². The molecule has 0 spiro atoms. The lowest BCUT2D eigenvalue weighted by atomic mass is 9.70. The number of hydrogen-bond acceptors (Lipinski definition) is 7. The number of carbonyl (C=O) groups is 3. The van der Waals surface area contributed by atoms with E-state index in [1.54, 1.807) is 12.2 Å². The molecule has 3 unspecified atom stereocenters. The molecule has 3 atom stereocenters. The van der Waals surface area contributed by atoms with Gasteiger partial charge in [-0.05, 0) is 93.9 Å². The van der Waals surface area contributed by atoms with E-state index in [-0.39, 0.29) is 52.5 Å². The van der Waals surface area contributed by atoms with Crippen LogP contribution in [-0.2, 0) is 27.2 Å². The lowest BCUT2D eigenvalue weighted by molar-refractivity contribution is -0.132. The van der Waals surface area contributed by atoms with Gasteiger partial charge in [-0.3, -0.25) is 4.79 Å². The summed E-state index contributed by atoms with van der Waals surface area (Å²) in [5.41, 5.74) is 3.70. The molecule has 1 aromatic rings. The third-order valence-electron chi connectivity index (χ3n) is 8.83. The number of carboxylic acid groups (broad SMARTS) is 1. The molecule has 3 rings (SSSR count). The molecule has 0 fully saturated rings. The van der Waals surface area contributed by atoms with Gasteiger partial charge in [0.1, 0.15) is 35.2 Å². The number of ketones is 1. The summed E-state index contributed by atoms with van der Waals surface area (Å²) in [5, 5.41) is 32.2. The normalized spacial score (nSPS) is 19.8. The van der Waals surface area contributed by atoms with E-state index < -0.39 is 35.3 Å². The topological polar surface area (TPSA) is 130 Å². The summed E-state index contributed by atoms with van der Waals surface area (Å²) < 4.78 is 12.9. The van der Waals surface area contributed by atoms with E-state index in [0.29, 0.717) is 24.8 Å². The van der Waals surface area contributed by atoms with Crippen LogP contribution in [0.2, 0.25) is 0 Å². The van der Waals surface area contributed by atoms with Gasteiger partial charge in [0.2, 0.25) is 0 Å². The predicted octanol–water partition coefficient (Wildman–Crippen LogP) is 7.76. The van der Waals surface area contributed by atoms with E-state index in [1.165, 1.54) is 12.5 Å². The van der Waals surface area contributed by atoms with Gasteiger partial charge in [-0.1, -0.05) is 47.1 Å². The van der Waals surface area contributed by atoms with Crippen molar-refractivity contribution in [1.82, 2.24) is 0 Å². The number of rotatable bonds is 14. The Morgan fingerprint density at radius 1 is 0.957 bits per heavy atom. The standard InChI is InChI=1S/C38H50O8/c1-22(2)11-9-12-24(5)15-17-27-32(40)28(16-14-23(3)4)36-31(33(27)41)34(42)29-19-26(21-39)20-30(35(29)46-36)38(7,8)45-18-10-13-25(6)37(43)44/h11,13-15,19,21,26,30,35,40-41H,9-10,12,16-18,20H2,1-8H3,(H,43,44)/b24-15+,25-13+. The van der Waals surface area contributed by atoms with Crippen molar-refractivity contribution in [3.63, 3.8) is 0 Å². The molecule has 0 radical (unpaired) electrons. The van der Waals surface area contributed by atoms with Crippen LogP contribution in [0.5, 0.6) is 17.2 Å². The molecule has 1 aliphatic heterocycles. The van der Waals surface area contributed by atoms with Gasteiger partial charge < -0.3 is 29.6 Å². The Morgan fingerprint density at radius 2 is 1.61 bits per heavy atom. The highest BCUT2D eigenvalue weighted by atomic mass is 16.5. The highest BCUT2D eigenvalue weighted by molar-refractivity contribution is 6.15. The zero-order valence-electron chi connectivity index (χ0n) is 28.5. The van der Waals surface area contributed by atoms with E-state index in [0.717, 1.165) is 30.3 Å². The first kappa shape index (κ1) is 36.6. The number of benzene rings is 1. The van der Waals surface area contributed by atoms with Gasteiger partial charge in [0.05, 0.1) is 12.2 Å². The number of aliphatic carboxylic acids is 1. The van der Waals surface area contributed by atoms with Crippen LogP contribution in [0.1, 0.15) is 103 Å². The molecule has 3 N–H and O–H groups in total. The van der Waals surface area contributed by atoms with E-state index in [1.807, 2.05) is 46.8 Å². The molecular formula is C38H50O8. The van der Waals surface area contributed by atoms with E-state index in [9.17, 15) is 24.6 Å². The molecule has 0 aromatic heterocycles. The molecule has 8 heteroatoms. The number of carbonyl (C=O) groups excluding carboxylic acids is 2. The number of allylic oxidation sites excluding steroid dienone is 7. The summed E-state index contributed by atoms with van der Waals surface area (Å²) >= 11 is 0. The fourth-order valence-electron chi connectivity index (χ4n) is 5.99. The van der Waals surface area contributed by atoms with Gasteiger partial charge >= 0.3 is 5.97 Å². The van der Waals surface area contributed by atoms with Crippen molar-refractivity contribution in [1.29, 1.82) is 0 Å². The molecule has 1 heterocycles. The summed E-state index contributed by atoms with van der Waals surface area (Å²) in [7, 11) is 0. The Hall–Kier alpha value is -3.91. The molecule has 1 aliphatic carbocycles. The van der Waals surface area contributed by atoms with Crippen molar-refractivity contribution in [2.45, 2.75) is 106 Å². The van der Waals surface area contributed by atoms with Gasteiger partial charge in [-0.25, -0.2) is 4.79 Å².